The minimum absolute atomic E-state index is 0.0660. The van der Waals surface area contributed by atoms with Crippen LogP contribution in [0.4, 0.5) is 0 Å². The summed E-state index contributed by atoms with van der Waals surface area (Å²) in [7, 11) is 1.70. The van der Waals surface area contributed by atoms with E-state index < -0.39 is 5.97 Å². The van der Waals surface area contributed by atoms with Crippen LogP contribution < -0.4 is 14.8 Å². The molecule has 3 aromatic carbocycles. The summed E-state index contributed by atoms with van der Waals surface area (Å²) in [4.78, 5) is 11.2. The van der Waals surface area contributed by atoms with Crippen molar-refractivity contribution >= 4 is 37.8 Å². The minimum Gasteiger partial charge on any atom is -0.496 e. The summed E-state index contributed by atoms with van der Waals surface area (Å²) in [5.74, 6) is 1.51. The summed E-state index contributed by atoms with van der Waals surface area (Å²) >= 11 is 7.20. The number of hydrogen-bond acceptors (Lipinski definition) is 4. The third-order valence-corrected chi connectivity index (χ3v) is 7.45. The molecule has 1 unspecified atom stereocenters. The van der Waals surface area contributed by atoms with Crippen LogP contribution in [-0.4, -0.2) is 24.2 Å². The number of nitrogens with one attached hydrogen (secondary N) is 1. The van der Waals surface area contributed by atoms with Gasteiger partial charge in [-0.05, 0) is 92.9 Å². The first kappa shape index (κ1) is 26.7. The number of aliphatic carboxylic acids is 1. The first-order chi connectivity index (χ1) is 17.2. The summed E-state index contributed by atoms with van der Waals surface area (Å²) in [6.07, 6.45) is 2.24. The van der Waals surface area contributed by atoms with E-state index in [2.05, 4.69) is 94.3 Å². The SMILES string of the molecule is COc1cc(C(NC2CC2)c2cccc(C)c2)c(Oc2c(Br)cc(CC(=O)O)cc2Br)cc1C(C)C. The summed E-state index contributed by atoms with van der Waals surface area (Å²) < 4.78 is 13.8. The molecule has 3 aromatic rings. The fourth-order valence-corrected chi connectivity index (χ4v) is 5.77. The fourth-order valence-electron chi connectivity index (χ4n) is 4.33. The van der Waals surface area contributed by atoms with E-state index in [4.69, 9.17) is 9.47 Å². The summed E-state index contributed by atoms with van der Waals surface area (Å²) in [6, 6.07) is 16.7. The quantitative estimate of drug-likeness (QED) is 0.242. The van der Waals surface area contributed by atoms with Crippen LogP contribution in [0, 0.1) is 6.92 Å². The van der Waals surface area contributed by atoms with Crippen LogP contribution in [0.3, 0.4) is 0 Å². The Balaban J connectivity index is 1.85. The third-order valence-electron chi connectivity index (χ3n) is 6.28. The van der Waals surface area contributed by atoms with Gasteiger partial charge in [0.15, 0.2) is 5.75 Å². The highest BCUT2D eigenvalue weighted by molar-refractivity contribution is 9.11. The molecule has 0 spiro atoms. The van der Waals surface area contributed by atoms with E-state index >= 15 is 0 Å². The Morgan fingerprint density at radius 2 is 1.72 bits per heavy atom. The molecule has 7 heteroatoms. The van der Waals surface area contributed by atoms with Gasteiger partial charge in [0.25, 0.3) is 0 Å². The molecule has 190 valence electrons. The molecule has 36 heavy (non-hydrogen) atoms. The zero-order valence-electron chi connectivity index (χ0n) is 20.9. The van der Waals surface area contributed by atoms with Gasteiger partial charge in [-0.1, -0.05) is 43.7 Å². The van der Waals surface area contributed by atoms with E-state index in [1.807, 2.05) is 0 Å². The van der Waals surface area contributed by atoms with Gasteiger partial charge in [-0.15, -0.1) is 0 Å². The number of carboxylic acids is 1. The highest BCUT2D eigenvalue weighted by Gasteiger charge is 2.30. The van der Waals surface area contributed by atoms with Gasteiger partial charge >= 0.3 is 5.97 Å². The van der Waals surface area contributed by atoms with Gasteiger partial charge in [-0.2, -0.15) is 0 Å². The second-order valence-corrected chi connectivity index (χ2v) is 11.3. The lowest BCUT2D eigenvalue weighted by atomic mass is 9.92. The van der Waals surface area contributed by atoms with E-state index in [9.17, 15) is 9.90 Å². The molecular formula is C29H31Br2NO4. The molecule has 0 aliphatic heterocycles. The molecule has 0 aromatic heterocycles. The topological polar surface area (TPSA) is 67.8 Å². The third kappa shape index (κ3) is 6.31. The van der Waals surface area contributed by atoms with Gasteiger partial charge in [-0.25, -0.2) is 0 Å². The Bertz CT molecular complexity index is 1250. The summed E-state index contributed by atoms with van der Waals surface area (Å²) in [5.41, 5.74) is 5.09. The van der Waals surface area contributed by atoms with Crippen molar-refractivity contribution in [2.75, 3.05) is 7.11 Å². The number of carbonyl (C=O) groups is 1. The number of methoxy groups -OCH3 is 1. The molecule has 0 radical (unpaired) electrons. The zero-order chi connectivity index (χ0) is 26.0. The monoisotopic (exact) mass is 615 g/mol. The number of hydrogen-bond donors (Lipinski definition) is 2. The minimum atomic E-state index is -0.881. The van der Waals surface area contributed by atoms with Gasteiger partial charge in [-0.3, -0.25) is 4.79 Å². The van der Waals surface area contributed by atoms with E-state index in [-0.39, 0.29) is 18.4 Å². The first-order valence-electron chi connectivity index (χ1n) is 12.1. The largest absolute Gasteiger partial charge is 0.496 e. The zero-order valence-corrected chi connectivity index (χ0v) is 24.1. The van der Waals surface area contributed by atoms with Crippen molar-refractivity contribution < 1.29 is 19.4 Å². The molecular weight excluding hydrogens is 586 g/mol. The van der Waals surface area contributed by atoms with Crippen molar-refractivity contribution in [2.24, 2.45) is 0 Å². The second-order valence-electron chi connectivity index (χ2n) is 9.64. The molecule has 1 atom stereocenters. The van der Waals surface area contributed by atoms with Crippen LogP contribution in [-0.2, 0) is 11.2 Å². The molecule has 1 aliphatic carbocycles. The normalized spacial score (nSPS) is 14.1. The maximum Gasteiger partial charge on any atom is 0.307 e. The fraction of sp³-hybridized carbons (Fsp3) is 0.345. The number of benzene rings is 3. The number of aryl methyl sites for hydroxylation is 1. The van der Waals surface area contributed by atoms with Crippen molar-refractivity contribution in [3.8, 4) is 17.2 Å². The first-order valence-corrected chi connectivity index (χ1v) is 13.7. The van der Waals surface area contributed by atoms with Gasteiger partial charge in [0.1, 0.15) is 11.5 Å². The summed E-state index contributed by atoms with van der Waals surface area (Å²) in [6.45, 7) is 6.37. The van der Waals surface area contributed by atoms with Gasteiger partial charge < -0.3 is 19.9 Å². The standard InChI is InChI=1S/C29H31Br2NO4/c1-16(2)21-14-26(36-29-23(30)11-18(12-24(29)31)13-27(33)34)22(15-25(21)35-4)28(32-20-8-9-20)19-7-5-6-17(3)10-19/h5-7,10-12,14-16,20,28,32H,8-9,13H2,1-4H3,(H,33,34). The molecule has 1 aliphatic rings. The van der Waals surface area contributed by atoms with E-state index in [1.165, 1.54) is 11.1 Å². The van der Waals surface area contributed by atoms with Crippen molar-refractivity contribution in [2.45, 2.75) is 58.0 Å². The molecule has 5 nitrogen and oxygen atoms in total. The van der Waals surface area contributed by atoms with Gasteiger partial charge in [0.2, 0.25) is 0 Å². The van der Waals surface area contributed by atoms with Crippen LogP contribution in [0.1, 0.15) is 66.5 Å². The average Bonchev–Trinajstić information content (AvgIpc) is 3.63. The average molecular weight is 617 g/mol. The van der Waals surface area contributed by atoms with E-state index in [1.54, 1.807) is 19.2 Å². The Hall–Kier alpha value is -2.35. The molecule has 0 bridgehead atoms. The molecule has 0 amide bonds. The summed E-state index contributed by atoms with van der Waals surface area (Å²) in [5, 5.41) is 13.0. The maximum atomic E-state index is 11.2. The Morgan fingerprint density at radius 3 is 2.28 bits per heavy atom. The highest BCUT2D eigenvalue weighted by Crippen LogP contribution is 2.45. The van der Waals surface area contributed by atoms with Crippen LogP contribution in [0.25, 0.3) is 0 Å². The predicted octanol–water partition coefficient (Wildman–Crippen LogP) is 7.91. The lowest BCUT2D eigenvalue weighted by Crippen LogP contribution is -2.25. The molecule has 4 rings (SSSR count). The van der Waals surface area contributed by atoms with Crippen molar-refractivity contribution in [3.05, 3.63) is 85.3 Å². The molecule has 1 fully saturated rings. The number of ether oxygens (including phenoxy) is 2. The second kappa shape index (κ2) is 11.4. The van der Waals surface area contributed by atoms with Crippen molar-refractivity contribution in [1.82, 2.24) is 5.32 Å². The molecule has 0 saturated heterocycles. The predicted molar refractivity (Wildman–Crippen MR) is 150 cm³/mol. The molecule has 0 heterocycles. The molecule has 1 saturated carbocycles. The number of carboxylic acid groups (broad SMARTS) is 1. The smallest absolute Gasteiger partial charge is 0.307 e. The Kier molecular flexibility index (Phi) is 8.43. The molecule has 2 N–H and O–H groups in total. The van der Waals surface area contributed by atoms with E-state index in [0.717, 1.165) is 35.5 Å². The maximum absolute atomic E-state index is 11.2. The Labute approximate surface area is 229 Å². The Morgan fingerprint density at radius 1 is 1.06 bits per heavy atom. The van der Waals surface area contributed by atoms with Crippen molar-refractivity contribution in [3.63, 3.8) is 0 Å². The van der Waals surface area contributed by atoms with Crippen LogP contribution in [0.2, 0.25) is 0 Å². The van der Waals surface area contributed by atoms with Gasteiger partial charge in [0, 0.05) is 17.2 Å². The van der Waals surface area contributed by atoms with Crippen LogP contribution in [0.15, 0.2) is 57.5 Å². The highest BCUT2D eigenvalue weighted by atomic mass is 79.9. The van der Waals surface area contributed by atoms with Crippen LogP contribution >= 0.6 is 31.9 Å². The van der Waals surface area contributed by atoms with Crippen molar-refractivity contribution in [1.29, 1.82) is 0 Å². The number of rotatable bonds is 10. The number of halogens is 2. The lowest BCUT2D eigenvalue weighted by Gasteiger charge is -2.26. The van der Waals surface area contributed by atoms with Crippen LogP contribution in [0.5, 0.6) is 17.2 Å². The van der Waals surface area contributed by atoms with E-state index in [0.29, 0.717) is 26.3 Å². The lowest BCUT2D eigenvalue weighted by molar-refractivity contribution is -0.136. The van der Waals surface area contributed by atoms with Gasteiger partial charge in [0.05, 0.1) is 28.5 Å².